The molecule has 1 aliphatic heterocycles. The van der Waals surface area contributed by atoms with Gasteiger partial charge in [0, 0.05) is 13.0 Å². The van der Waals surface area contributed by atoms with Gasteiger partial charge in [-0.05, 0) is 43.2 Å². The number of hydrogen-bond donors (Lipinski definition) is 1. The maximum absolute atomic E-state index is 12.6. The van der Waals surface area contributed by atoms with Crippen LogP contribution in [0.2, 0.25) is 5.02 Å². The zero-order chi connectivity index (χ0) is 16.8. The molecular formula is C18H19ClN2O3. The number of nitrogens with one attached hydrogen (secondary N) is 1. The quantitative estimate of drug-likeness (QED) is 0.852. The summed E-state index contributed by atoms with van der Waals surface area (Å²) in [5.74, 6) is 0.122. The van der Waals surface area contributed by atoms with Crippen molar-refractivity contribution < 1.29 is 14.4 Å². The van der Waals surface area contributed by atoms with E-state index in [2.05, 4.69) is 5.32 Å². The predicted octanol–water partition coefficient (Wildman–Crippen LogP) is 2.70. The average molecular weight is 347 g/mol. The van der Waals surface area contributed by atoms with E-state index in [9.17, 15) is 14.4 Å². The summed E-state index contributed by atoms with van der Waals surface area (Å²) in [5.41, 5.74) is 0.540. The van der Waals surface area contributed by atoms with Crippen LogP contribution in [0.15, 0.2) is 24.3 Å². The van der Waals surface area contributed by atoms with Crippen molar-refractivity contribution in [2.75, 3.05) is 11.9 Å². The highest BCUT2D eigenvalue weighted by Crippen LogP contribution is 2.56. The summed E-state index contributed by atoms with van der Waals surface area (Å²) in [4.78, 5) is 38.5. The van der Waals surface area contributed by atoms with E-state index < -0.39 is 0 Å². The minimum absolute atomic E-state index is 0.0669. The number of benzene rings is 1. The first kappa shape index (κ1) is 15.6. The molecular weight excluding hydrogens is 328 g/mol. The Hall–Kier alpha value is -1.88. The molecule has 1 heterocycles. The van der Waals surface area contributed by atoms with Gasteiger partial charge in [-0.25, -0.2) is 0 Å². The van der Waals surface area contributed by atoms with Crippen LogP contribution in [0.3, 0.4) is 0 Å². The number of carbonyl (C=O) groups excluding carboxylic acids is 3. The molecule has 24 heavy (non-hydrogen) atoms. The smallest absolute Gasteiger partial charge is 0.233 e. The van der Waals surface area contributed by atoms with Crippen LogP contribution in [0.4, 0.5) is 5.69 Å². The zero-order valence-corrected chi connectivity index (χ0v) is 14.0. The number of rotatable bonds is 4. The minimum atomic E-state index is -0.247. The maximum atomic E-state index is 12.6. The molecule has 0 spiro atoms. The number of likely N-dealkylation sites (tertiary alicyclic amines) is 1. The van der Waals surface area contributed by atoms with Crippen LogP contribution < -0.4 is 5.32 Å². The number of halogens is 1. The molecule has 2 bridgehead atoms. The molecule has 5 nitrogen and oxygen atoms in total. The SMILES string of the molecule is O=C(CCN1C(=O)[C@@H]2[C@H]3CC[C@@H](C3)[C@@H]2C1=O)Nc1ccccc1Cl. The van der Waals surface area contributed by atoms with E-state index in [1.54, 1.807) is 24.3 Å². The molecule has 1 saturated heterocycles. The number of nitrogens with zero attached hydrogens (tertiary/aromatic N) is 1. The van der Waals surface area contributed by atoms with E-state index in [1.165, 1.54) is 4.90 Å². The Bertz CT molecular complexity index is 692. The van der Waals surface area contributed by atoms with Crippen molar-refractivity contribution in [2.45, 2.75) is 25.7 Å². The fraction of sp³-hybridized carbons (Fsp3) is 0.500. The third-order valence-corrected chi connectivity index (χ3v) is 6.06. The van der Waals surface area contributed by atoms with Crippen molar-refractivity contribution in [1.82, 2.24) is 4.90 Å². The Labute approximate surface area is 145 Å². The molecule has 6 heteroatoms. The van der Waals surface area contributed by atoms with Gasteiger partial charge in [0.05, 0.1) is 22.5 Å². The van der Waals surface area contributed by atoms with E-state index in [4.69, 9.17) is 11.6 Å². The van der Waals surface area contributed by atoms with E-state index in [-0.39, 0.29) is 42.5 Å². The molecule has 3 amide bonds. The Morgan fingerprint density at radius 1 is 1.12 bits per heavy atom. The van der Waals surface area contributed by atoms with Gasteiger partial charge in [-0.1, -0.05) is 23.7 Å². The Kier molecular flexibility index (Phi) is 3.83. The van der Waals surface area contributed by atoms with Crippen LogP contribution in [0.25, 0.3) is 0 Å². The minimum Gasteiger partial charge on any atom is -0.325 e. The summed E-state index contributed by atoms with van der Waals surface area (Å²) >= 11 is 6.01. The van der Waals surface area contributed by atoms with E-state index in [0.717, 1.165) is 19.3 Å². The molecule has 2 aliphatic carbocycles. The van der Waals surface area contributed by atoms with Crippen molar-refractivity contribution in [3.63, 3.8) is 0 Å². The van der Waals surface area contributed by atoms with E-state index in [1.807, 2.05) is 0 Å². The summed E-state index contributed by atoms with van der Waals surface area (Å²) in [5, 5.41) is 3.19. The Morgan fingerprint density at radius 2 is 1.75 bits per heavy atom. The predicted molar refractivity (Wildman–Crippen MR) is 89.2 cm³/mol. The van der Waals surface area contributed by atoms with Crippen molar-refractivity contribution in [3.05, 3.63) is 29.3 Å². The first-order chi connectivity index (χ1) is 11.6. The van der Waals surface area contributed by atoms with Gasteiger partial charge >= 0.3 is 0 Å². The summed E-state index contributed by atoms with van der Waals surface area (Å²) in [6.45, 7) is 0.153. The number of imide groups is 1. The van der Waals surface area contributed by atoms with Gasteiger partial charge in [0.25, 0.3) is 0 Å². The van der Waals surface area contributed by atoms with Crippen molar-refractivity contribution in [2.24, 2.45) is 23.7 Å². The number of para-hydroxylation sites is 1. The van der Waals surface area contributed by atoms with Crippen LogP contribution in [0.5, 0.6) is 0 Å². The van der Waals surface area contributed by atoms with Crippen LogP contribution in [-0.4, -0.2) is 29.2 Å². The number of carbonyl (C=O) groups is 3. The van der Waals surface area contributed by atoms with Gasteiger partial charge in [-0.15, -0.1) is 0 Å². The van der Waals surface area contributed by atoms with Gasteiger partial charge in [-0.3, -0.25) is 19.3 Å². The lowest BCUT2D eigenvalue weighted by Gasteiger charge is -2.19. The summed E-state index contributed by atoms with van der Waals surface area (Å²) < 4.78 is 0. The lowest BCUT2D eigenvalue weighted by Crippen LogP contribution is -2.35. The van der Waals surface area contributed by atoms with E-state index in [0.29, 0.717) is 22.5 Å². The fourth-order valence-electron chi connectivity index (χ4n) is 4.68. The molecule has 4 rings (SSSR count). The molecule has 1 aromatic rings. The van der Waals surface area contributed by atoms with Crippen LogP contribution in [0.1, 0.15) is 25.7 Å². The van der Waals surface area contributed by atoms with Gasteiger partial charge in [0.1, 0.15) is 0 Å². The molecule has 3 aliphatic rings. The molecule has 126 valence electrons. The molecule has 1 N–H and O–H groups in total. The number of amides is 3. The lowest BCUT2D eigenvalue weighted by molar-refractivity contribution is -0.140. The zero-order valence-electron chi connectivity index (χ0n) is 13.2. The molecule has 3 fully saturated rings. The van der Waals surface area contributed by atoms with Crippen molar-refractivity contribution >= 4 is 35.0 Å². The van der Waals surface area contributed by atoms with Gasteiger partial charge < -0.3 is 5.32 Å². The standard InChI is InChI=1S/C18H19ClN2O3/c19-12-3-1-2-4-13(12)20-14(22)7-8-21-17(23)15-10-5-6-11(9-10)16(15)18(21)24/h1-4,10-11,15-16H,5-9H2,(H,20,22)/t10-,11-,15-,16+/m0/s1. The highest BCUT2D eigenvalue weighted by atomic mass is 35.5. The summed E-state index contributed by atoms with van der Waals surface area (Å²) in [6, 6.07) is 6.98. The fourth-order valence-corrected chi connectivity index (χ4v) is 4.86. The highest BCUT2D eigenvalue weighted by Gasteiger charge is 2.60. The van der Waals surface area contributed by atoms with Gasteiger partial charge in [-0.2, -0.15) is 0 Å². The first-order valence-corrected chi connectivity index (χ1v) is 8.83. The van der Waals surface area contributed by atoms with Gasteiger partial charge in [0.15, 0.2) is 0 Å². The Morgan fingerprint density at radius 3 is 2.38 bits per heavy atom. The molecule has 2 saturated carbocycles. The van der Waals surface area contributed by atoms with E-state index >= 15 is 0 Å². The Balaban J connectivity index is 1.38. The molecule has 4 atom stereocenters. The summed E-state index contributed by atoms with van der Waals surface area (Å²) in [6.07, 6.45) is 3.24. The van der Waals surface area contributed by atoms with Crippen molar-refractivity contribution in [1.29, 1.82) is 0 Å². The molecule has 0 radical (unpaired) electrons. The topological polar surface area (TPSA) is 66.5 Å². The van der Waals surface area contributed by atoms with Gasteiger partial charge in [0.2, 0.25) is 17.7 Å². The third-order valence-electron chi connectivity index (χ3n) is 5.73. The monoisotopic (exact) mass is 346 g/mol. The van der Waals surface area contributed by atoms with Crippen LogP contribution >= 0.6 is 11.6 Å². The largest absolute Gasteiger partial charge is 0.325 e. The molecule has 1 aromatic carbocycles. The van der Waals surface area contributed by atoms with Crippen LogP contribution in [-0.2, 0) is 14.4 Å². The second-order valence-corrected chi connectivity index (χ2v) is 7.40. The second-order valence-electron chi connectivity index (χ2n) is 6.99. The molecule has 0 aromatic heterocycles. The first-order valence-electron chi connectivity index (χ1n) is 8.46. The number of hydrogen-bond acceptors (Lipinski definition) is 3. The summed E-state index contributed by atoms with van der Waals surface area (Å²) in [7, 11) is 0. The number of anilines is 1. The maximum Gasteiger partial charge on any atom is 0.233 e. The van der Waals surface area contributed by atoms with Crippen LogP contribution in [0, 0.1) is 23.7 Å². The third kappa shape index (κ3) is 2.42. The second kappa shape index (κ2) is 5.88. The van der Waals surface area contributed by atoms with Crippen molar-refractivity contribution in [3.8, 4) is 0 Å². The normalized spacial score (nSPS) is 30.8. The molecule has 0 unspecified atom stereocenters. The highest BCUT2D eigenvalue weighted by molar-refractivity contribution is 6.33. The number of fused-ring (bicyclic) bond motifs is 5. The average Bonchev–Trinajstić information content (AvgIpc) is 3.23. The lowest BCUT2D eigenvalue weighted by atomic mass is 9.81.